The molecule has 0 aliphatic heterocycles. The van der Waals surface area contributed by atoms with Crippen LogP contribution in [0.2, 0.25) is 0 Å². The van der Waals surface area contributed by atoms with Gasteiger partial charge < -0.3 is 10.1 Å². The molecule has 1 N–H and O–H groups in total. The summed E-state index contributed by atoms with van der Waals surface area (Å²) in [6.45, 7) is -0.0220. The summed E-state index contributed by atoms with van der Waals surface area (Å²) in [6, 6.07) is 9.83. The van der Waals surface area contributed by atoms with Crippen molar-refractivity contribution in [2.24, 2.45) is 0 Å². The monoisotopic (exact) mass is 378 g/mol. The van der Waals surface area contributed by atoms with E-state index >= 15 is 0 Å². The zero-order chi connectivity index (χ0) is 19.3. The van der Waals surface area contributed by atoms with E-state index in [2.05, 4.69) is 10.3 Å². The molecular weight excluding hydrogens is 357 g/mol. The number of alkyl halides is 3. The Balaban J connectivity index is 1.61. The van der Waals surface area contributed by atoms with E-state index in [-0.39, 0.29) is 30.0 Å². The first kappa shape index (κ1) is 19.2. The molecule has 144 valence electrons. The summed E-state index contributed by atoms with van der Waals surface area (Å²) in [5, 5.41) is 2.99. The number of carbonyl (C=O) groups is 1. The number of nitrogens with one attached hydrogen (secondary N) is 1. The van der Waals surface area contributed by atoms with E-state index in [1.165, 1.54) is 18.6 Å². The summed E-state index contributed by atoms with van der Waals surface area (Å²) in [6.07, 6.45) is 0.961. The quantitative estimate of drug-likeness (QED) is 0.817. The van der Waals surface area contributed by atoms with Crippen molar-refractivity contribution in [2.75, 3.05) is 0 Å². The summed E-state index contributed by atoms with van der Waals surface area (Å²) in [5.41, 5.74) is -0.0111. The second kappa shape index (κ2) is 8.41. The lowest BCUT2D eigenvalue weighted by Crippen LogP contribution is -2.36. The average molecular weight is 378 g/mol. The first-order valence-corrected chi connectivity index (χ1v) is 8.99. The molecule has 1 aromatic heterocycles. The number of aromatic nitrogens is 1. The van der Waals surface area contributed by atoms with Gasteiger partial charge >= 0.3 is 6.18 Å². The molecule has 0 atom stereocenters. The van der Waals surface area contributed by atoms with Crippen molar-refractivity contribution in [2.45, 2.75) is 50.9 Å². The number of rotatable bonds is 5. The molecule has 4 nitrogen and oxygen atoms in total. The second-order valence-corrected chi connectivity index (χ2v) is 6.64. The Morgan fingerprint density at radius 3 is 2.59 bits per heavy atom. The van der Waals surface area contributed by atoms with Crippen LogP contribution in [-0.2, 0) is 12.8 Å². The molecule has 27 heavy (non-hydrogen) atoms. The van der Waals surface area contributed by atoms with E-state index in [1.54, 1.807) is 18.2 Å². The fraction of sp³-hybridized carbons (Fsp3) is 0.400. The van der Waals surface area contributed by atoms with Gasteiger partial charge in [0.15, 0.2) is 0 Å². The van der Waals surface area contributed by atoms with Crippen LogP contribution in [-0.4, -0.2) is 16.9 Å². The fourth-order valence-electron chi connectivity index (χ4n) is 3.11. The molecule has 7 heteroatoms. The normalized spacial score (nSPS) is 15.4. The third-order valence-corrected chi connectivity index (χ3v) is 4.53. The van der Waals surface area contributed by atoms with Crippen molar-refractivity contribution in [1.82, 2.24) is 10.3 Å². The molecule has 0 radical (unpaired) electrons. The Morgan fingerprint density at radius 1 is 1.11 bits per heavy atom. The first-order valence-electron chi connectivity index (χ1n) is 8.99. The highest BCUT2D eigenvalue weighted by molar-refractivity contribution is 5.92. The maximum absolute atomic E-state index is 12.8. The van der Waals surface area contributed by atoms with E-state index in [1.807, 2.05) is 0 Å². The van der Waals surface area contributed by atoms with Crippen molar-refractivity contribution >= 4 is 5.91 Å². The molecule has 3 rings (SSSR count). The maximum Gasteiger partial charge on any atom is 0.416 e. The number of hydrogen-bond acceptors (Lipinski definition) is 3. The number of pyridine rings is 1. The molecule has 0 saturated heterocycles. The standard InChI is InChI=1S/C20H21F3N2O2/c21-20(22,23)14-6-4-10-17(12-14)27-13-16-9-5-11-18(24-16)19(26)25-15-7-2-1-3-8-15/h4-6,9-12,15H,1-3,7-8,13H2,(H,25,26). The number of benzene rings is 1. The average Bonchev–Trinajstić information content (AvgIpc) is 2.67. The van der Waals surface area contributed by atoms with Gasteiger partial charge in [0.25, 0.3) is 5.91 Å². The third-order valence-electron chi connectivity index (χ3n) is 4.53. The molecule has 1 aliphatic rings. The number of hydrogen-bond donors (Lipinski definition) is 1. The van der Waals surface area contributed by atoms with Crippen molar-refractivity contribution in [3.8, 4) is 5.75 Å². The summed E-state index contributed by atoms with van der Waals surface area (Å²) in [7, 11) is 0. The van der Waals surface area contributed by atoms with Crippen LogP contribution in [0.3, 0.4) is 0 Å². The lowest BCUT2D eigenvalue weighted by molar-refractivity contribution is -0.137. The number of carbonyl (C=O) groups excluding carboxylic acids is 1. The highest BCUT2D eigenvalue weighted by atomic mass is 19.4. The van der Waals surface area contributed by atoms with Crippen LogP contribution in [0, 0.1) is 0 Å². The molecular formula is C20H21F3N2O2. The minimum Gasteiger partial charge on any atom is -0.487 e. The maximum atomic E-state index is 12.8. The van der Waals surface area contributed by atoms with Crippen molar-refractivity contribution in [1.29, 1.82) is 0 Å². The molecule has 2 aromatic rings. The Bertz CT molecular complexity index is 787. The predicted molar refractivity (Wildman–Crippen MR) is 94.4 cm³/mol. The molecule has 0 spiro atoms. The topological polar surface area (TPSA) is 51.2 Å². The number of ether oxygens (including phenoxy) is 1. The van der Waals surface area contributed by atoms with Crippen LogP contribution in [0.25, 0.3) is 0 Å². The van der Waals surface area contributed by atoms with Gasteiger partial charge in [0.1, 0.15) is 18.1 Å². The Kier molecular flexibility index (Phi) is 5.98. The molecule has 0 bridgehead atoms. The number of nitrogens with zero attached hydrogens (tertiary/aromatic N) is 1. The molecule has 1 saturated carbocycles. The number of amides is 1. The van der Waals surface area contributed by atoms with Crippen molar-refractivity contribution < 1.29 is 22.7 Å². The SMILES string of the molecule is O=C(NC1CCCCC1)c1cccc(COc2cccc(C(F)(F)F)c2)n1. The molecule has 0 unspecified atom stereocenters. The Labute approximate surface area is 155 Å². The fourth-order valence-corrected chi connectivity index (χ4v) is 3.11. The zero-order valence-corrected chi connectivity index (χ0v) is 14.8. The van der Waals surface area contributed by atoms with E-state index in [0.717, 1.165) is 37.8 Å². The van der Waals surface area contributed by atoms with Gasteiger partial charge in [-0.25, -0.2) is 4.98 Å². The van der Waals surface area contributed by atoms with Crippen LogP contribution < -0.4 is 10.1 Å². The summed E-state index contributed by atoms with van der Waals surface area (Å²) in [5.74, 6) is -0.133. The van der Waals surface area contributed by atoms with Crippen LogP contribution in [0.15, 0.2) is 42.5 Å². The van der Waals surface area contributed by atoms with E-state index < -0.39 is 11.7 Å². The smallest absolute Gasteiger partial charge is 0.416 e. The van der Waals surface area contributed by atoms with Gasteiger partial charge in [-0.1, -0.05) is 31.4 Å². The van der Waals surface area contributed by atoms with Crippen molar-refractivity contribution in [3.63, 3.8) is 0 Å². The van der Waals surface area contributed by atoms with Gasteiger partial charge in [0, 0.05) is 6.04 Å². The summed E-state index contributed by atoms with van der Waals surface area (Å²) >= 11 is 0. The summed E-state index contributed by atoms with van der Waals surface area (Å²) in [4.78, 5) is 16.6. The summed E-state index contributed by atoms with van der Waals surface area (Å²) < 4.78 is 43.7. The minimum atomic E-state index is -4.42. The number of halogens is 3. The lowest BCUT2D eigenvalue weighted by Gasteiger charge is -2.22. The van der Waals surface area contributed by atoms with Gasteiger partial charge in [-0.15, -0.1) is 0 Å². The molecule has 1 heterocycles. The molecule has 1 amide bonds. The van der Waals surface area contributed by atoms with Crippen LogP contribution in [0.4, 0.5) is 13.2 Å². The second-order valence-electron chi connectivity index (χ2n) is 6.64. The molecule has 1 aromatic carbocycles. The molecule has 1 aliphatic carbocycles. The van der Waals surface area contributed by atoms with E-state index in [0.29, 0.717) is 5.69 Å². The van der Waals surface area contributed by atoms with Crippen LogP contribution in [0.5, 0.6) is 5.75 Å². The lowest BCUT2D eigenvalue weighted by atomic mass is 9.95. The highest BCUT2D eigenvalue weighted by Crippen LogP contribution is 2.31. The van der Waals surface area contributed by atoms with Gasteiger partial charge in [0.05, 0.1) is 11.3 Å². The van der Waals surface area contributed by atoms with Crippen molar-refractivity contribution in [3.05, 3.63) is 59.4 Å². The van der Waals surface area contributed by atoms with Crippen LogP contribution in [0.1, 0.15) is 53.8 Å². The van der Waals surface area contributed by atoms with Gasteiger partial charge in [-0.05, 0) is 43.2 Å². The minimum absolute atomic E-state index is 0.0220. The van der Waals surface area contributed by atoms with Gasteiger partial charge in [0.2, 0.25) is 0 Å². The van der Waals surface area contributed by atoms with Gasteiger partial charge in [-0.2, -0.15) is 13.2 Å². The van der Waals surface area contributed by atoms with E-state index in [9.17, 15) is 18.0 Å². The first-order chi connectivity index (χ1) is 12.9. The van der Waals surface area contributed by atoms with Crippen LogP contribution >= 0.6 is 0 Å². The molecule has 1 fully saturated rings. The highest BCUT2D eigenvalue weighted by Gasteiger charge is 2.30. The van der Waals surface area contributed by atoms with E-state index in [4.69, 9.17) is 4.74 Å². The van der Waals surface area contributed by atoms with Gasteiger partial charge in [-0.3, -0.25) is 4.79 Å². The largest absolute Gasteiger partial charge is 0.487 e. The Morgan fingerprint density at radius 2 is 1.85 bits per heavy atom. The third kappa shape index (κ3) is 5.45. The zero-order valence-electron chi connectivity index (χ0n) is 14.8. The Hall–Kier alpha value is -2.57. The predicted octanol–water partition coefficient (Wildman–Crippen LogP) is 4.74.